The van der Waals surface area contributed by atoms with Gasteiger partial charge in [-0.25, -0.2) is 19.4 Å². The molecule has 10 heteroatoms. The van der Waals surface area contributed by atoms with Gasteiger partial charge in [0.25, 0.3) is 0 Å². The maximum Gasteiger partial charge on any atom is 0.344 e. The predicted molar refractivity (Wildman–Crippen MR) is 127 cm³/mol. The van der Waals surface area contributed by atoms with Crippen molar-refractivity contribution in [1.82, 2.24) is 19.7 Å². The van der Waals surface area contributed by atoms with E-state index >= 15 is 0 Å². The van der Waals surface area contributed by atoms with Crippen molar-refractivity contribution < 1.29 is 14.3 Å². The first-order valence-corrected chi connectivity index (χ1v) is 10.9. The number of esters is 1. The summed E-state index contributed by atoms with van der Waals surface area (Å²) in [4.78, 5) is 20.7. The molecule has 33 heavy (non-hydrogen) atoms. The highest BCUT2D eigenvalue weighted by Gasteiger charge is 2.21. The van der Waals surface area contributed by atoms with Gasteiger partial charge < -0.3 is 15.2 Å². The third-order valence-corrected chi connectivity index (χ3v) is 5.58. The minimum Gasteiger partial charge on any atom is -0.482 e. The van der Waals surface area contributed by atoms with Gasteiger partial charge in [0, 0.05) is 34.1 Å². The fraction of sp³-hybridized carbons (Fsp3) is 0.217. The number of benzene rings is 2. The number of ether oxygens (including phenoxy) is 2. The molecule has 0 aliphatic heterocycles. The molecule has 2 heterocycles. The maximum atomic E-state index is 11.7. The SMILES string of the molecule is CCOC(=O)COc1cc(C)c2c(-n3cncn3)c(CN)c(-c3ccc(Cl)cc3Cl)nc2c1. The van der Waals surface area contributed by atoms with Crippen LogP contribution in [0.3, 0.4) is 0 Å². The molecule has 0 saturated carbocycles. The minimum atomic E-state index is -0.446. The number of carbonyl (C=O) groups excluding carboxylic acids is 1. The smallest absolute Gasteiger partial charge is 0.344 e. The van der Waals surface area contributed by atoms with Crippen LogP contribution in [0.25, 0.3) is 27.8 Å². The van der Waals surface area contributed by atoms with E-state index in [1.165, 1.54) is 6.33 Å². The number of rotatable bonds is 7. The van der Waals surface area contributed by atoms with Crippen LogP contribution in [-0.4, -0.2) is 38.9 Å². The zero-order chi connectivity index (χ0) is 23.5. The molecule has 0 amide bonds. The second-order valence-corrected chi connectivity index (χ2v) is 8.03. The average molecular weight is 486 g/mol. The number of nitrogens with two attached hydrogens (primary N) is 1. The van der Waals surface area contributed by atoms with Gasteiger partial charge in [-0.05, 0) is 43.7 Å². The number of nitrogens with zero attached hydrogens (tertiary/aromatic N) is 4. The van der Waals surface area contributed by atoms with E-state index in [4.69, 9.17) is 43.4 Å². The first-order valence-electron chi connectivity index (χ1n) is 10.2. The zero-order valence-electron chi connectivity index (χ0n) is 18.0. The first-order chi connectivity index (χ1) is 15.9. The monoisotopic (exact) mass is 485 g/mol. The molecule has 0 aliphatic carbocycles. The van der Waals surface area contributed by atoms with Crippen LogP contribution in [0.15, 0.2) is 43.0 Å². The van der Waals surface area contributed by atoms with E-state index in [1.54, 1.807) is 42.2 Å². The van der Waals surface area contributed by atoms with Crippen LogP contribution in [0, 0.1) is 6.92 Å². The van der Waals surface area contributed by atoms with Crippen LogP contribution in [0.4, 0.5) is 0 Å². The van der Waals surface area contributed by atoms with Gasteiger partial charge in [0.15, 0.2) is 6.61 Å². The van der Waals surface area contributed by atoms with Crippen LogP contribution in [-0.2, 0) is 16.1 Å². The predicted octanol–water partition coefficient (Wildman–Crippen LogP) is 4.50. The molecule has 0 fully saturated rings. The molecular formula is C23H21Cl2N5O3. The lowest BCUT2D eigenvalue weighted by Crippen LogP contribution is -2.15. The molecule has 2 aromatic carbocycles. The van der Waals surface area contributed by atoms with Crippen LogP contribution < -0.4 is 10.5 Å². The van der Waals surface area contributed by atoms with Crippen molar-refractivity contribution in [3.8, 4) is 22.7 Å². The summed E-state index contributed by atoms with van der Waals surface area (Å²) in [5, 5.41) is 6.13. The van der Waals surface area contributed by atoms with Crippen LogP contribution in [0.2, 0.25) is 10.0 Å². The van der Waals surface area contributed by atoms with Crippen molar-refractivity contribution in [3.05, 3.63) is 64.2 Å². The Kier molecular flexibility index (Phi) is 6.78. The lowest BCUT2D eigenvalue weighted by molar-refractivity contribution is -0.145. The maximum absolute atomic E-state index is 11.7. The highest BCUT2D eigenvalue weighted by atomic mass is 35.5. The summed E-state index contributed by atoms with van der Waals surface area (Å²) < 4.78 is 12.3. The molecule has 0 saturated heterocycles. The molecule has 0 unspecified atom stereocenters. The molecule has 0 aliphatic rings. The summed E-state index contributed by atoms with van der Waals surface area (Å²) in [5.74, 6) is 0.0392. The normalized spacial score (nSPS) is 11.1. The Morgan fingerprint density at radius 1 is 1.21 bits per heavy atom. The van der Waals surface area contributed by atoms with E-state index in [-0.39, 0.29) is 19.8 Å². The van der Waals surface area contributed by atoms with Gasteiger partial charge >= 0.3 is 5.97 Å². The molecule has 0 spiro atoms. The molecule has 0 bridgehead atoms. The summed E-state index contributed by atoms with van der Waals surface area (Å²) in [7, 11) is 0. The van der Waals surface area contributed by atoms with E-state index in [2.05, 4.69) is 10.1 Å². The van der Waals surface area contributed by atoms with E-state index < -0.39 is 5.97 Å². The van der Waals surface area contributed by atoms with E-state index in [9.17, 15) is 4.79 Å². The Morgan fingerprint density at radius 2 is 2.03 bits per heavy atom. The molecule has 0 atom stereocenters. The Bertz CT molecular complexity index is 1330. The van der Waals surface area contributed by atoms with Gasteiger partial charge in [0.2, 0.25) is 0 Å². The standard InChI is InChI=1S/C23H21Cl2N5O3/c1-3-32-20(31)10-33-15-6-13(2)21-19(8-15)29-22(16-5-4-14(24)7-18(16)25)17(9-26)23(21)30-12-27-11-28-30/h4-8,11-12H,3,9-10,26H2,1-2H3. The summed E-state index contributed by atoms with van der Waals surface area (Å²) >= 11 is 12.6. The van der Waals surface area contributed by atoms with Crippen molar-refractivity contribution in [1.29, 1.82) is 0 Å². The van der Waals surface area contributed by atoms with Gasteiger partial charge in [0.1, 0.15) is 18.4 Å². The molecule has 170 valence electrons. The lowest BCUT2D eigenvalue weighted by Gasteiger charge is -2.19. The van der Waals surface area contributed by atoms with Gasteiger partial charge in [-0.2, -0.15) is 5.10 Å². The van der Waals surface area contributed by atoms with Crippen LogP contribution in [0.5, 0.6) is 5.75 Å². The quantitative estimate of drug-likeness (QED) is 0.384. The van der Waals surface area contributed by atoms with Crippen LogP contribution >= 0.6 is 23.2 Å². The topological polar surface area (TPSA) is 105 Å². The largest absolute Gasteiger partial charge is 0.482 e. The number of hydrogen-bond acceptors (Lipinski definition) is 7. The number of aryl methyl sites for hydroxylation is 1. The number of hydrogen-bond donors (Lipinski definition) is 1. The first kappa shape index (κ1) is 23.0. The fourth-order valence-electron chi connectivity index (χ4n) is 3.69. The van der Waals surface area contributed by atoms with Crippen LogP contribution in [0.1, 0.15) is 18.1 Å². The highest BCUT2D eigenvalue weighted by Crippen LogP contribution is 2.38. The van der Waals surface area contributed by atoms with Gasteiger partial charge in [-0.15, -0.1) is 0 Å². The number of pyridine rings is 1. The second-order valence-electron chi connectivity index (χ2n) is 7.18. The third kappa shape index (κ3) is 4.64. The Balaban J connectivity index is 1.96. The average Bonchev–Trinajstić information content (AvgIpc) is 3.31. The summed E-state index contributed by atoms with van der Waals surface area (Å²) in [5.41, 5.74) is 10.5. The van der Waals surface area contributed by atoms with Crippen molar-refractivity contribution in [2.24, 2.45) is 5.73 Å². The molecular weight excluding hydrogens is 465 g/mol. The van der Waals surface area contributed by atoms with Crippen molar-refractivity contribution in [3.63, 3.8) is 0 Å². The zero-order valence-corrected chi connectivity index (χ0v) is 19.5. The number of halogens is 2. The molecule has 8 nitrogen and oxygen atoms in total. The summed E-state index contributed by atoms with van der Waals surface area (Å²) in [6, 6.07) is 8.80. The Hall–Kier alpha value is -3.20. The Labute approximate surface area is 200 Å². The van der Waals surface area contributed by atoms with E-state index in [1.807, 2.05) is 13.0 Å². The summed E-state index contributed by atoms with van der Waals surface area (Å²) in [6.07, 6.45) is 3.06. The molecule has 4 rings (SSSR count). The molecule has 4 aromatic rings. The minimum absolute atomic E-state index is 0.187. The van der Waals surface area contributed by atoms with Gasteiger partial charge in [0.05, 0.1) is 28.5 Å². The summed E-state index contributed by atoms with van der Waals surface area (Å²) in [6.45, 7) is 3.94. The van der Waals surface area contributed by atoms with Gasteiger partial charge in [-0.3, -0.25) is 0 Å². The van der Waals surface area contributed by atoms with E-state index in [0.29, 0.717) is 32.6 Å². The van der Waals surface area contributed by atoms with E-state index in [0.717, 1.165) is 22.2 Å². The number of carbonyl (C=O) groups is 1. The van der Waals surface area contributed by atoms with Gasteiger partial charge in [-0.1, -0.05) is 23.2 Å². The number of aromatic nitrogens is 4. The Morgan fingerprint density at radius 3 is 2.70 bits per heavy atom. The van der Waals surface area contributed by atoms with Crippen molar-refractivity contribution in [2.75, 3.05) is 13.2 Å². The molecule has 2 aromatic heterocycles. The highest BCUT2D eigenvalue weighted by molar-refractivity contribution is 6.36. The number of fused-ring (bicyclic) bond motifs is 1. The fourth-order valence-corrected chi connectivity index (χ4v) is 4.18. The molecule has 0 radical (unpaired) electrons. The van der Waals surface area contributed by atoms with Crippen molar-refractivity contribution in [2.45, 2.75) is 20.4 Å². The molecule has 2 N–H and O–H groups in total. The third-order valence-electron chi connectivity index (χ3n) is 5.03. The van der Waals surface area contributed by atoms with Crippen molar-refractivity contribution >= 4 is 40.1 Å². The lowest BCUT2D eigenvalue weighted by atomic mass is 9.98. The second kappa shape index (κ2) is 9.74.